The van der Waals surface area contributed by atoms with Crippen LogP contribution in [0.1, 0.15) is 63.1 Å². The Bertz CT molecular complexity index is 1240. The number of nitrogens with zero attached hydrogens (tertiary/aromatic N) is 1. The molecule has 3 aromatic rings. The summed E-state index contributed by atoms with van der Waals surface area (Å²) in [5.41, 5.74) is 6.94. The monoisotopic (exact) mass is 553 g/mol. The highest BCUT2D eigenvalue weighted by molar-refractivity contribution is 7.07. The Morgan fingerprint density at radius 3 is 2.44 bits per heavy atom. The maximum absolute atomic E-state index is 11.5. The first kappa shape index (κ1) is 28.7. The maximum Gasteiger partial charge on any atom is 0.309 e. The molecule has 0 amide bonds. The summed E-state index contributed by atoms with van der Waals surface area (Å²) < 4.78 is 24.5. The van der Waals surface area contributed by atoms with Gasteiger partial charge in [0.25, 0.3) is 0 Å². The summed E-state index contributed by atoms with van der Waals surface area (Å²) in [4.78, 5) is 16.0. The molecule has 0 bridgehead atoms. The topological polar surface area (TPSA) is 87.1 Å². The zero-order chi connectivity index (χ0) is 27.8. The molecule has 1 N–H and O–H groups in total. The first-order valence-corrected chi connectivity index (χ1v) is 14.8. The average Bonchev–Trinajstić information content (AvgIpc) is 3.48. The predicted molar refractivity (Wildman–Crippen MR) is 154 cm³/mol. The van der Waals surface area contributed by atoms with Crippen LogP contribution in [0.15, 0.2) is 35.2 Å². The molecule has 210 valence electrons. The number of carboxylic acids is 1. The van der Waals surface area contributed by atoms with Crippen molar-refractivity contribution in [3.05, 3.63) is 51.8 Å². The van der Waals surface area contributed by atoms with E-state index in [2.05, 4.69) is 24.9 Å². The fourth-order valence-corrected chi connectivity index (χ4v) is 5.63. The number of carboxylic acid groups (broad SMARTS) is 1. The van der Waals surface area contributed by atoms with Crippen LogP contribution >= 0.6 is 11.3 Å². The minimum atomic E-state index is -0.828. The van der Waals surface area contributed by atoms with E-state index < -0.39 is 11.9 Å². The van der Waals surface area contributed by atoms with E-state index in [1.54, 1.807) is 25.4 Å². The fourth-order valence-electron chi connectivity index (χ4n) is 5.08. The van der Waals surface area contributed by atoms with Gasteiger partial charge in [-0.15, -0.1) is 11.3 Å². The van der Waals surface area contributed by atoms with Gasteiger partial charge in [-0.05, 0) is 56.4 Å². The second-order valence-electron chi connectivity index (χ2n) is 9.90. The second kappa shape index (κ2) is 13.7. The number of benzene rings is 2. The minimum Gasteiger partial charge on any atom is -0.496 e. The van der Waals surface area contributed by atoms with Crippen LogP contribution in [0, 0.1) is 5.92 Å². The number of hydrogen-bond donors (Lipinski definition) is 1. The van der Waals surface area contributed by atoms with E-state index in [9.17, 15) is 9.90 Å². The molecule has 8 heteroatoms. The first-order chi connectivity index (χ1) is 19.0. The van der Waals surface area contributed by atoms with Crippen molar-refractivity contribution in [1.82, 2.24) is 4.98 Å². The molecule has 0 saturated carbocycles. The third-order valence-corrected chi connectivity index (χ3v) is 7.73. The number of carbonyl (C=O) groups is 1. The van der Waals surface area contributed by atoms with Crippen molar-refractivity contribution in [1.29, 1.82) is 0 Å². The van der Waals surface area contributed by atoms with E-state index in [0.29, 0.717) is 26.1 Å². The summed E-state index contributed by atoms with van der Waals surface area (Å²) in [6.45, 7) is 7.00. The van der Waals surface area contributed by atoms with Crippen LogP contribution in [0.4, 0.5) is 0 Å². The minimum absolute atomic E-state index is 0.328. The molecule has 7 nitrogen and oxygen atoms in total. The lowest BCUT2D eigenvalue weighted by molar-refractivity contribution is -0.144. The molecule has 2 aromatic carbocycles. The molecular formula is C31H39NO6S. The number of fused-ring (bicyclic) bond motifs is 1. The number of aromatic nitrogens is 1. The van der Waals surface area contributed by atoms with Crippen molar-refractivity contribution in [3.8, 4) is 34.3 Å². The normalized spacial score (nSPS) is 15.2. The SMILES string of the molecule is CCCc1c(OCCCOc2ccc(-c3cscn3)c(OC)c2CCC)ccc2c1OC(C(C)C(=O)O)CC2. The summed E-state index contributed by atoms with van der Waals surface area (Å²) in [7, 11) is 1.70. The number of aliphatic carboxylic acids is 1. The van der Waals surface area contributed by atoms with Crippen molar-refractivity contribution in [2.45, 2.75) is 71.8 Å². The van der Waals surface area contributed by atoms with Gasteiger partial charge in [-0.2, -0.15) is 0 Å². The van der Waals surface area contributed by atoms with Crippen molar-refractivity contribution >= 4 is 17.3 Å². The molecule has 1 aromatic heterocycles. The molecule has 0 saturated heterocycles. The van der Waals surface area contributed by atoms with Crippen LogP contribution in [0.25, 0.3) is 11.3 Å². The first-order valence-electron chi connectivity index (χ1n) is 13.9. The van der Waals surface area contributed by atoms with Gasteiger partial charge in [0.2, 0.25) is 0 Å². The summed E-state index contributed by atoms with van der Waals surface area (Å²) in [5, 5.41) is 11.5. The number of aryl methyl sites for hydroxylation is 1. The van der Waals surface area contributed by atoms with Crippen molar-refractivity contribution in [2.24, 2.45) is 5.92 Å². The average molecular weight is 554 g/mol. The largest absolute Gasteiger partial charge is 0.496 e. The molecule has 1 aliphatic rings. The van der Waals surface area contributed by atoms with E-state index in [1.165, 1.54) is 0 Å². The van der Waals surface area contributed by atoms with Gasteiger partial charge in [0.15, 0.2) is 0 Å². The van der Waals surface area contributed by atoms with Gasteiger partial charge in [0, 0.05) is 28.5 Å². The van der Waals surface area contributed by atoms with Crippen LogP contribution in [-0.2, 0) is 24.1 Å². The number of hydrogen-bond acceptors (Lipinski definition) is 7. The number of thiazole rings is 1. The highest BCUT2D eigenvalue weighted by Gasteiger charge is 2.31. The zero-order valence-electron chi connectivity index (χ0n) is 23.3. The number of methoxy groups -OCH3 is 1. The van der Waals surface area contributed by atoms with Crippen molar-refractivity contribution < 1.29 is 28.8 Å². The third-order valence-electron chi connectivity index (χ3n) is 7.15. The van der Waals surface area contributed by atoms with Gasteiger partial charge in [0.1, 0.15) is 29.1 Å². The molecule has 2 atom stereocenters. The summed E-state index contributed by atoms with van der Waals surface area (Å²) >= 11 is 1.57. The van der Waals surface area contributed by atoms with E-state index in [4.69, 9.17) is 18.9 Å². The second-order valence-corrected chi connectivity index (χ2v) is 10.6. The predicted octanol–water partition coefficient (Wildman–Crippen LogP) is 6.99. The lowest BCUT2D eigenvalue weighted by Crippen LogP contribution is -2.34. The molecule has 0 radical (unpaired) electrons. The van der Waals surface area contributed by atoms with Gasteiger partial charge in [-0.25, -0.2) is 4.98 Å². The van der Waals surface area contributed by atoms with Crippen LogP contribution in [-0.4, -0.2) is 42.5 Å². The molecule has 0 fully saturated rings. The van der Waals surface area contributed by atoms with Gasteiger partial charge < -0.3 is 24.1 Å². The molecule has 1 aliphatic heterocycles. The summed E-state index contributed by atoms with van der Waals surface area (Å²) in [6, 6.07) is 8.10. The Labute approximate surface area is 235 Å². The lowest BCUT2D eigenvalue weighted by atomic mass is 9.92. The van der Waals surface area contributed by atoms with Gasteiger partial charge in [-0.3, -0.25) is 4.79 Å². The van der Waals surface area contributed by atoms with E-state index in [1.807, 2.05) is 29.1 Å². The van der Waals surface area contributed by atoms with Crippen LogP contribution in [0.2, 0.25) is 0 Å². The van der Waals surface area contributed by atoms with Crippen LogP contribution < -0.4 is 18.9 Å². The van der Waals surface area contributed by atoms with E-state index in [0.717, 1.165) is 83.0 Å². The van der Waals surface area contributed by atoms with Crippen molar-refractivity contribution in [3.63, 3.8) is 0 Å². The Morgan fingerprint density at radius 2 is 1.79 bits per heavy atom. The van der Waals surface area contributed by atoms with E-state index >= 15 is 0 Å². The molecule has 0 spiro atoms. The number of rotatable bonds is 14. The highest BCUT2D eigenvalue weighted by Crippen LogP contribution is 2.40. The Balaban J connectivity index is 1.41. The quantitative estimate of drug-likeness (QED) is 0.215. The van der Waals surface area contributed by atoms with Crippen LogP contribution in [0.3, 0.4) is 0 Å². The Kier molecular flexibility index (Phi) is 10.1. The Morgan fingerprint density at radius 1 is 1.10 bits per heavy atom. The maximum atomic E-state index is 11.5. The molecular weight excluding hydrogens is 514 g/mol. The van der Waals surface area contributed by atoms with Gasteiger partial charge >= 0.3 is 5.97 Å². The smallest absolute Gasteiger partial charge is 0.309 e. The summed E-state index contributed by atoms with van der Waals surface area (Å²) in [6.07, 6.45) is 5.49. The molecule has 2 unspecified atom stereocenters. The lowest BCUT2D eigenvalue weighted by Gasteiger charge is -2.31. The highest BCUT2D eigenvalue weighted by atomic mass is 32.1. The summed E-state index contributed by atoms with van der Waals surface area (Å²) in [5.74, 6) is 1.89. The van der Waals surface area contributed by atoms with Crippen LogP contribution in [0.5, 0.6) is 23.0 Å². The van der Waals surface area contributed by atoms with Gasteiger partial charge in [0.05, 0.1) is 37.4 Å². The molecule has 2 heterocycles. The third kappa shape index (κ3) is 6.67. The van der Waals surface area contributed by atoms with Gasteiger partial charge in [-0.1, -0.05) is 32.8 Å². The molecule has 4 rings (SSSR count). The van der Waals surface area contributed by atoms with Crippen molar-refractivity contribution in [2.75, 3.05) is 20.3 Å². The standard InChI is InChI=1S/C31H39NO6S/c1-5-8-23-27(14-11-21-10-13-26(38-29(21)23)20(3)31(33)34)36-16-7-17-37-28-15-12-22(25-18-39-19-32-25)30(35-4)24(28)9-6-2/h11-12,14-15,18-20,26H,5-10,13,16-17H2,1-4H3,(H,33,34). The Hall–Kier alpha value is -3.26. The van der Waals surface area contributed by atoms with E-state index in [-0.39, 0.29) is 6.10 Å². The molecule has 39 heavy (non-hydrogen) atoms. The zero-order valence-corrected chi connectivity index (χ0v) is 24.1. The number of ether oxygens (including phenoxy) is 4. The fraction of sp³-hybridized carbons (Fsp3) is 0.484. The molecule has 0 aliphatic carbocycles.